The van der Waals surface area contributed by atoms with Gasteiger partial charge in [-0.1, -0.05) is 84.6 Å². The second kappa shape index (κ2) is 9.35. The first-order valence-electron chi connectivity index (χ1n) is 11.3. The molecule has 0 aliphatic carbocycles. The van der Waals surface area contributed by atoms with Crippen LogP contribution in [0.15, 0.2) is 87.5 Å². The molecule has 0 saturated carbocycles. The minimum atomic E-state index is -0.363. The Balaban J connectivity index is 1.49. The van der Waals surface area contributed by atoms with Crippen LogP contribution in [-0.2, 0) is 32.8 Å². The largest absolute Gasteiger partial charge is 0.332 e. The summed E-state index contributed by atoms with van der Waals surface area (Å²) in [6.07, 6.45) is 1.77. The molecule has 6 nitrogen and oxygen atoms in total. The fraction of sp³-hybridized carbons (Fsp3) is 0.222. The van der Waals surface area contributed by atoms with Crippen LogP contribution in [0, 0.1) is 0 Å². The van der Waals surface area contributed by atoms with Crippen molar-refractivity contribution in [2.24, 2.45) is 14.1 Å². The Morgan fingerprint density at radius 2 is 1.56 bits per heavy atom. The molecule has 3 aromatic carbocycles. The quantitative estimate of drug-likeness (QED) is 0.328. The Bertz CT molecular complexity index is 1600. The molecule has 0 amide bonds. The van der Waals surface area contributed by atoms with Crippen molar-refractivity contribution in [2.75, 3.05) is 0 Å². The van der Waals surface area contributed by atoms with Crippen molar-refractivity contribution in [3.8, 4) is 0 Å². The number of hydrogen-bond donors (Lipinski definition) is 0. The molecular formula is C27H26N4O2S. The highest BCUT2D eigenvalue weighted by Crippen LogP contribution is 2.27. The molecule has 0 unspecified atom stereocenters. The highest BCUT2D eigenvalue weighted by Gasteiger charge is 2.19. The lowest BCUT2D eigenvalue weighted by Gasteiger charge is -2.10. The van der Waals surface area contributed by atoms with Crippen LogP contribution >= 0.6 is 11.8 Å². The first-order chi connectivity index (χ1) is 16.5. The number of fused-ring (bicyclic) bond motifs is 2. The van der Waals surface area contributed by atoms with Gasteiger partial charge in [-0.05, 0) is 34.7 Å². The van der Waals surface area contributed by atoms with Gasteiger partial charge in [0.25, 0.3) is 5.56 Å². The second-order valence-corrected chi connectivity index (χ2v) is 9.43. The van der Waals surface area contributed by atoms with Crippen molar-refractivity contribution in [2.45, 2.75) is 30.3 Å². The maximum atomic E-state index is 13.1. The molecule has 0 radical (unpaired) electrons. The van der Waals surface area contributed by atoms with Crippen molar-refractivity contribution in [1.29, 1.82) is 0 Å². The van der Waals surface area contributed by atoms with Gasteiger partial charge < -0.3 is 4.57 Å². The van der Waals surface area contributed by atoms with Gasteiger partial charge in [0, 0.05) is 26.4 Å². The summed E-state index contributed by atoms with van der Waals surface area (Å²) in [6.45, 7) is 0.652. The Kier molecular flexibility index (Phi) is 6.11. The van der Waals surface area contributed by atoms with Crippen LogP contribution in [0.4, 0.5) is 0 Å². The van der Waals surface area contributed by atoms with E-state index in [0.29, 0.717) is 17.7 Å². The SMILES string of the molecule is Cn1c(=O)c2c(nc(SCc3ccc4ccccc4c3)n2CCCc2ccccc2)n(C)c1=O. The van der Waals surface area contributed by atoms with E-state index in [1.165, 1.54) is 33.5 Å². The number of aryl methyl sites for hydroxylation is 3. The third kappa shape index (κ3) is 4.19. The predicted octanol–water partition coefficient (Wildman–Crippen LogP) is 4.51. The second-order valence-electron chi connectivity index (χ2n) is 8.48. The van der Waals surface area contributed by atoms with Crippen LogP contribution in [-0.4, -0.2) is 18.7 Å². The summed E-state index contributed by atoms with van der Waals surface area (Å²) >= 11 is 1.60. The zero-order valence-corrected chi connectivity index (χ0v) is 20.1. The number of nitrogens with zero attached hydrogens (tertiary/aromatic N) is 4. The first kappa shape index (κ1) is 22.2. The van der Waals surface area contributed by atoms with E-state index in [-0.39, 0.29) is 11.2 Å². The highest BCUT2D eigenvalue weighted by molar-refractivity contribution is 7.98. The molecule has 0 spiro atoms. The Hall–Kier alpha value is -3.58. The molecular weight excluding hydrogens is 444 g/mol. The Labute approximate surface area is 201 Å². The van der Waals surface area contributed by atoms with Crippen molar-refractivity contribution in [1.82, 2.24) is 18.7 Å². The third-order valence-corrected chi connectivity index (χ3v) is 7.23. The molecule has 2 heterocycles. The fourth-order valence-corrected chi connectivity index (χ4v) is 5.27. The third-order valence-electron chi connectivity index (χ3n) is 6.18. The van der Waals surface area contributed by atoms with E-state index in [4.69, 9.17) is 4.98 Å². The average molecular weight is 471 g/mol. The van der Waals surface area contributed by atoms with E-state index in [2.05, 4.69) is 42.5 Å². The van der Waals surface area contributed by atoms with Crippen molar-refractivity contribution < 1.29 is 0 Å². The topological polar surface area (TPSA) is 61.8 Å². The van der Waals surface area contributed by atoms with Crippen LogP contribution in [0.2, 0.25) is 0 Å². The predicted molar refractivity (Wildman–Crippen MR) is 138 cm³/mol. The van der Waals surface area contributed by atoms with E-state index in [0.717, 1.165) is 28.3 Å². The van der Waals surface area contributed by atoms with Crippen molar-refractivity contribution in [3.05, 3.63) is 105 Å². The molecule has 0 fully saturated rings. The molecule has 2 aromatic heterocycles. The smallest absolute Gasteiger partial charge is 0.313 e. The number of rotatable bonds is 7. The van der Waals surface area contributed by atoms with Gasteiger partial charge >= 0.3 is 5.69 Å². The summed E-state index contributed by atoms with van der Waals surface area (Å²) < 4.78 is 4.62. The number of hydrogen-bond acceptors (Lipinski definition) is 4. The van der Waals surface area contributed by atoms with Crippen LogP contribution in [0.25, 0.3) is 21.9 Å². The summed E-state index contributed by atoms with van der Waals surface area (Å²) in [4.78, 5) is 30.3. The molecule has 0 saturated heterocycles. The standard InChI is InChI=1S/C27H26N4O2S/c1-29-24-23(25(32)30(2)27(29)33)31(16-8-11-19-9-4-3-5-10-19)26(28-24)34-18-20-14-15-21-12-6-7-13-22(21)17-20/h3-7,9-10,12-15,17H,8,11,16,18H2,1-2H3. The zero-order valence-electron chi connectivity index (χ0n) is 19.3. The normalized spacial score (nSPS) is 11.5. The maximum absolute atomic E-state index is 13.1. The van der Waals surface area contributed by atoms with Crippen LogP contribution in [0.5, 0.6) is 0 Å². The van der Waals surface area contributed by atoms with Gasteiger partial charge in [0.1, 0.15) is 0 Å². The highest BCUT2D eigenvalue weighted by atomic mass is 32.2. The molecule has 0 N–H and O–H groups in total. The maximum Gasteiger partial charge on any atom is 0.332 e. The molecule has 5 aromatic rings. The van der Waals surface area contributed by atoms with E-state index in [1.54, 1.807) is 18.8 Å². The van der Waals surface area contributed by atoms with E-state index >= 15 is 0 Å². The van der Waals surface area contributed by atoms with E-state index in [9.17, 15) is 9.59 Å². The van der Waals surface area contributed by atoms with Crippen molar-refractivity contribution >= 4 is 33.7 Å². The molecule has 34 heavy (non-hydrogen) atoms. The van der Waals surface area contributed by atoms with Gasteiger partial charge in [0.2, 0.25) is 0 Å². The molecule has 0 atom stereocenters. The van der Waals surface area contributed by atoms with Crippen molar-refractivity contribution in [3.63, 3.8) is 0 Å². The van der Waals surface area contributed by atoms with E-state index < -0.39 is 0 Å². The zero-order chi connectivity index (χ0) is 23.7. The molecule has 0 aliphatic heterocycles. The minimum absolute atomic E-state index is 0.303. The number of imidazole rings is 1. The summed E-state index contributed by atoms with van der Waals surface area (Å²) in [5.41, 5.74) is 2.71. The summed E-state index contributed by atoms with van der Waals surface area (Å²) in [7, 11) is 3.19. The van der Waals surface area contributed by atoms with Gasteiger partial charge in [0.05, 0.1) is 0 Å². The summed E-state index contributed by atoms with van der Waals surface area (Å²) in [6, 6.07) is 25.1. The molecule has 0 aliphatic rings. The number of benzene rings is 3. The van der Waals surface area contributed by atoms with Gasteiger partial charge in [-0.2, -0.15) is 0 Å². The molecule has 0 bridgehead atoms. The number of aromatic nitrogens is 4. The Morgan fingerprint density at radius 3 is 2.35 bits per heavy atom. The van der Waals surface area contributed by atoms with Gasteiger partial charge in [0.15, 0.2) is 16.3 Å². The first-order valence-corrected chi connectivity index (χ1v) is 12.3. The lowest BCUT2D eigenvalue weighted by atomic mass is 10.1. The average Bonchev–Trinajstić information content (AvgIpc) is 3.24. The lowest BCUT2D eigenvalue weighted by molar-refractivity contribution is 0.605. The molecule has 172 valence electrons. The lowest BCUT2D eigenvalue weighted by Crippen LogP contribution is -2.37. The van der Waals surface area contributed by atoms with Gasteiger partial charge in [-0.15, -0.1) is 0 Å². The van der Waals surface area contributed by atoms with Crippen LogP contribution in [0.3, 0.4) is 0 Å². The van der Waals surface area contributed by atoms with Crippen LogP contribution in [0.1, 0.15) is 17.5 Å². The van der Waals surface area contributed by atoms with Crippen LogP contribution < -0.4 is 11.2 Å². The Morgan fingerprint density at radius 1 is 0.824 bits per heavy atom. The molecule has 5 rings (SSSR count). The summed E-state index contributed by atoms with van der Waals surface area (Å²) in [5, 5.41) is 3.17. The fourth-order valence-electron chi connectivity index (χ4n) is 4.31. The van der Waals surface area contributed by atoms with Gasteiger partial charge in [-0.3, -0.25) is 13.9 Å². The van der Waals surface area contributed by atoms with E-state index in [1.807, 2.05) is 34.9 Å². The minimum Gasteiger partial charge on any atom is -0.313 e. The summed E-state index contributed by atoms with van der Waals surface area (Å²) in [5.74, 6) is 0.723. The monoisotopic (exact) mass is 470 g/mol. The molecule has 7 heteroatoms. The van der Waals surface area contributed by atoms with Gasteiger partial charge in [-0.25, -0.2) is 9.78 Å². The number of thioether (sulfide) groups is 1.